The number of nitrogens with zero attached hydrogens (tertiary/aromatic N) is 3. The predicted octanol–water partition coefficient (Wildman–Crippen LogP) is 2.34. The zero-order chi connectivity index (χ0) is 25.7. The Hall–Kier alpha value is -3.41. The minimum absolute atomic E-state index is 0.0207. The molecule has 37 heavy (non-hydrogen) atoms. The van der Waals surface area contributed by atoms with Gasteiger partial charge in [-0.1, -0.05) is 12.1 Å². The molecule has 1 atom stereocenters. The summed E-state index contributed by atoms with van der Waals surface area (Å²) < 4.78 is 25.4. The lowest BCUT2D eigenvalue weighted by Crippen LogP contribution is -2.50. The standard InChI is InChI=1S/C25H29FN6O5/c1-2-14-19(32-37-31-14)22(33)30-20(17(12-3-4-12)13-5-6-13)23(34)29-16-11-15-18(21(26)28-16)25(24(35)27-15)7-9-36-10-8-25/h11-13,17,20H,2-10H2,1H3,(H,27,35)(H,30,33)(H,28,29,34)/t20-/m0/s1. The van der Waals surface area contributed by atoms with E-state index >= 15 is 4.39 Å². The minimum Gasteiger partial charge on any atom is -0.381 e. The van der Waals surface area contributed by atoms with Gasteiger partial charge in [0.1, 0.15) is 17.6 Å². The molecule has 4 heterocycles. The van der Waals surface area contributed by atoms with E-state index in [0.29, 0.717) is 55.7 Å². The lowest BCUT2D eigenvalue weighted by atomic mass is 9.75. The van der Waals surface area contributed by atoms with Crippen molar-refractivity contribution >= 4 is 29.2 Å². The van der Waals surface area contributed by atoms with Crippen LogP contribution in [0.25, 0.3) is 0 Å². The Bertz CT molecular complexity index is 1240. The molecular weight excluding hydrogens is 483 g/mol. The molecule has 2 aliphatic heterocycles. The summed E-state index contributed by atoms with van der Waals surface area (Å²) in [5.41, 5.74) is -0.0151. The fourth-order valence-corrected chi connectivity index (χ4v) is 5.94. The third kappa shape index (κ3) is 4.26. The molecule has 12 heteroatoms. The molecule has 2 aromatic rings. The van der Waals surface area contributed by atoms with E-state index in [2.05, 4.69) is 31.2 Å². The number of carbonyl (C=O) groups excluding carboxylic acids is 3. The number of halogens is 1. The highest BCUT2D eigenvalue weighted by atomic mass is 19.1. The van der Waals surface area contributed by atoms with Gasteiger partial charge in [0.2, 0.25) is 17.8 Å². The number of nitrogens with one attached hydrogen (secondary N) is 3. The molecule has 6 rings (SSSR count). The first kappa shape index (κ1) is 24.0. The van der Waals surface area contributed by atoms with Crippen molar-refractivity contribution in [1.82, 2.24) is 20.6 Å². The van der Waals surface area contributed by atoms with Crippen molar-refractivity contribution in [2.45, 2.75) is 63.3 Å². The third-order valence-electron chi connectivity index (χ3n) is 8.13. The van der Waals surface area contributed by atoms with Crippen molar-refractivity contribution in [3.8, 4) is 0 Å². The quantitative estimate of drug-likeness (QED) is 0.457. The molecule has 2 aliphatic carbocycles. The second-order valence-corrected chi connectivity index (χ2v) is 10.5. The first-order valence-electron chi connectivity index (χ1n) is 12.9. The van der Waals surface area contributed by atoms with E-state index in [0.717, 1.165) is 25.7 Å². The Morgan fingerprint density at radius 2 is 1.89 bits per heavy atom. The molecule has 0 bridgehead atoms. The SMILES string of the molecule is CCc1nonc1C(=O)N[C@H](C(=O)Nc1cc2c(c(F)n1)C1(CCOCC1)C(=O)N2)C(C1CC1)C1CC1. The van der Waals surface area contributed by atoms with E-state index in [1.807, 2.05) is 6.92 Å². The van der Waals surface area contributed by atoms with Gasteiger partial charge in [-0.3, -0.25) is 14.4 Å². The number of aryl methyl sites for hydroxylation is 1. The average Bonchev–Trinajstić information content (AvgIpc) is 3.82. The summed E-state index contributed by atoms with van der Waals surface area (Å²) in [6.45, 7) is 2.54. The lowest BCUT2D eigenvalue weighted by Gasteiger charge is -2.31. The van der Waals surface area contributed by atoms with Crippen LogP contribution in [0.5, 0.6) is 0 Å². The van der Waals surface area contributed by atoms with E-state index in [4.69, 9.17) is 9.37 Å². The van der Waals surface area contributed by atoms with Crippen LogP contribution in [0.2, 0.25) is 0 Å². The molecule has 0 unspecified atom stereocenters. The topological polar surface area (TPSA) is 148 Å². The maximum atomic E-state index is 15.3. The smallest absolute Gasteiger partial charge is 0.276 e. The molecule has 1 spiro atoms. The van der Waals surface area contributed by atoms with E-state index < -0.39 is 29.2 Å². The highest BCUT2D eigenvalue weighted by Gasteiger charge is 2.51. The Balaban J connectivity index is 1.27. The molecule has 0 radical (unpaired) electrons. The summed E-state index contributed by atoms with van der Waals surface area (Å²) in [6, 6.07) is 0.626. The average molecular weight is 513 g/mol. The fraction of sp³-hybridized carbons (Fsp3) is 0.600. The maximum Gasteiger partial charge on any atom is 0.276 e. The molecule has 0 aromatic carbocycles. The van der Waals surface area contributed by atoms with Crippen molar-refractivity contribution in [1.29, 1.82) is 0 Å². The van der Waals surface area contributed by atoms with Crippen molar-refractivity contribution < 1.29 is 28.1 Å². The number of pyridine rings is 1. The Kier molecular flexibility index (Phi) is 5.93. The number of hydrogen-bond donors (Lipinski definition) is 3. The molecule has 3 N–H and O–H groups in total. The first-order valence-corrected chi connectivity index (χ1v) is 12.9. The van der Waals surface area contributed by atoms with Gasteiger partial charge in [0, 0.05) is 24.8 Å². The normalized spacial score (nSPS) is 21.0. The van der Waals surface area contributed by atoms with Crippen LogP contribution in [0.15, 0.2) is 10.7 Å². The van der Waals surface area contributed by atoms with Crippen molar-refractivity contribution in [3.63, 3.8) is 0 Å². The highest BCUT2D eigenvalue weighted by Crippen LogP contribution is 2.51. The van der Waals surface area contributed by atoms with Gasteiger partial charge in [0.15, 0.2) is 5.69 Å². The molecule has 196 valence electrons. The number of amides is 3. The van der Waals surface area contributed by atoms with Gasteiger partial charge in [0.05, 0.1) is 11.1 Å². The summed E-state index contributed by atoms with van der Waals surface area (Å²) in [4.78, 5) is 43.5. The van der Waals surface area contributed by atoms with Crippen molar-refractivity contribution in [2.24, 2.45) is 17.8 Å². The van der Waals surface area contributed by atoms with Gasteiger partial charge >= 0.3 is 0 Å². The number of ether oxygens (including phenoxy) is 1. The number of carbonyl (C=O) groups is 3. The van der Waals surface area contributed by atoms with Crippen molar-refractivity contribution in [2.75, 3.05) is 23.8 Å². The van der Waals surface area contributed by atoms with Crippen LogP contribution in [-0.2, 0) is 26.2 Å². The Morgan fingerprint density at radius 1 is 1.19 bits per heavy atom. The molecule has 3 amide bonds. The monoisotopic (exact) mass is 512 g/mol. The summed E-state index contributed by atoms with van der Waals surface area (Å²) in [5, 5.41) is 15.8. The van der Waals surface area contributed by atoms with E-state index in [1.54, 1.807) is 0 Å². The van der Waals surface area contributed by atoms with Gasteiger partial charge in [-0.15, -0.1) is 0 Å². The predicted molar refractivity (Wildman–Crippen MR) is 127 cm³/mol. The van der Waals surface area contributed by atoms with Crippen LogP contribution in [0.3, 0.4) is 0 Å². The first-order chi connectivity index (χ1) is 17.9. The van der Waals surface area contributed by atoms with Gasteiger partial charge in [0.25, 0.3) is 5.91 Å². The molecular formula is C25H29FN6O5. The fourth-order valence-electron chi connectivity index (χ4n) is 5.94. The second kappa shape index (κ2) is 9.16. The number of rotatable bonds is 8. The summed E-state index contributed by atoms with van der Waals surface area (Å²) in [5.74, 6) is -1.49. The van der Waals surface area contributed by atoms with Crippen LogP contribution in [-0.4, -0.2) is 52.3 Å². The molecule has 4 aliphatic rings. The zero-order valence-electron chi connectivity index (χ0n) is 20.5. The van der Waals surface area contributed by atoms with E-state index in [-0.39, 0.29) is 28.9 Å². The Labute approximate surface area is 212 Å². The number of aromatic nitrogens is 3. The van der Waals surface area contributed by atoms with Gasteiger partial charge in [-0.25, -0.2) is 9.61 Å². The Morgan fingerprint density at radius 3 is 2.54 bits per heavy atom. The van der Waals surface area contributed by atoms with Crippen LogP contribution in [0, 0.1) is 23.7 Å². The van der Waals surface area contributed by atoms with Gasteiger partial charge in [-0.05, 0) is 67.9 Å². The molecule has 3 fully saturated rings. The molecule has 1 saturated heterocycles. The van der Waals surface area contributed by atoms with Crippen molar-refractivity contribution in [3.05, 3.63) is 29.0 Å². The van der Waals surface area contributed by atoms with Gasteiger partial charge < -0.3 is 20.7 Å². The zero-order valence-corrected chi connectivity index (χ0v) is 20.5. The molecule has 2 aromatic heterocycles. The summed E-state index contributed by atoms with van der Waals surface area (Å²) in [7, 11) is 0. The van der Waals surface area contributed by atoms with E-state index in [1.165, 1.54) is 6.07 Å². The maximum absolute atomic E-state index is 15.3. The van der Waals surface area contributed by atoms with Crippen LogP contribution >= 0.6 is 0 Å². The summed E-state index contributed by atoms with van der Waals surface area (Å²) in [6.07, 6.45) is 5.17. The third-order valence-corrected chi connectivity index (χ3v) is 8.13. The van der Waals surface area contributed by atoms with Gasteiger partial charge in [-0.2, -0.15) is 4.39 Å². The largest absolute Gasteiger partial charge is 0.381 e. The molecule has 2 saturated carbocycles. The summed E-state index contributed by atoms with van der Waals surface area (Å²) >= 11 is 0. The minimum atomic E-state index is -1.00. The highest BCUT2D eigenvalue weighted by molar-refractivity contribution is 6.07. The lowest BCUT2D eigenvalue weighted by molar-refractivity contribution is -0.124. The number of fused-ring (bicyclic) bond motifs is 2. The van der Waals surface area contributed by atoms with Crippen LogP contribution in [0.1, 0.15) is 67.2 Å². The van der Waals surface area contributed by atoms with Crippen LogP contribution < -0.4 is 16.0 Å². The van der Waals surface area contributed by atoms with Crippen LogP contribution in [0.4, 0.5) is 15.9 Å². The molecule has 11 nitrogen and oxygen atoms in total. The number of hydrogen-bond acceptors (Lipinski definition) is 8. The van der Waals surface area contributed by atoms with E-state index in [9.17, 15) is 14.4 Å². The number of anilines is 2. The second-order valence-electron chi connectivity index (χ2n) is 10.5.